The Balaban J connectivity index is 2.69. The first kappa shape index (κ1) is 9.16. The summed E-state index contributed by atoms with van der Waals surface area (Å²) in [7, 11) is 0. The second-order valence-corrected chi connectivity index (χ2v) is 3.49. The Kier molecular flexibility index (Phi) is 2.78. The van der Waals surface area contributed by atoms with Gasteiger partial charge in [-0.15, -0.1) is 0 Å². The topological polar surface area (TPSA) is 61.8 Å². The highest BCUT2D eigenvalue weighted by molar-refractivity contribution is 5.78. The summed E-state index contributed by atoms with van der Waals surface area (Å²) in [5.41, 5.74) is 5.55. The molecule has 0 radical (unpaired) electrons. The molecule has 1 aliphatic heterocycles. The molecule has 0 saturated carbocycles. The van der Waals surface area contributed by atoms with Crippen LogP contribution in [0.3, 0.4) is 0 Å². The van der Waals surface area contributed by atoms with E-state index in [4.69, 9.17) is 10.9 Å². The zero-order chi connectivity index (χ0) is 9.14. The van der Waals surface area contributed by atoms with Crippen LogP contribution in [0.25, 0.3) is 0 Å². The van der Waals surface area contributed by atoms with E-state index in [9.17, 15) is 0 Å². The highest BCUT2D eigenvalue weighted by Gasteiger charge is 2.26. The fourth-order valence-corrected chi connectivity index (χ4v) is 1.92. The molecule has 0 aromatic rings. The van der Waals surface area contributed by atoms with Gasteiger partial charge in [0, 0.05) is 12.1 Å². The van der Waals surface area contributed by atoms with Gasteiger partial charge < -0.3 is 15.8 Å². The molecule has 1 rings (SSSR count). The van der Waals surface area contributed by atoms with Crippen LogP contribution in [0.15, 0.2) is 5.16 Å². The molecule has 0 unspecified atom stereocenters. The smallest absolute Gasteiger partial charge is 0.233 e. The zero-order valence-corrected chi connectivity index (χ0v) is 7.70. The van der Waals surface area contributed by atoms with Crippen molar-refractivity contribution in [3.63, 3.8) is 0 Å². The molecule has 0 amide bonds. The lowest BCUT2D eigenvalue weighted by Crippen LogP contribution is -2.50. The molecule has 0 aromatic carbocycles. The molecule has 1 fully saturated rings. The molecule has 0 aliphatic carbocycles. The highest BCUT2D eigenvalue weighted by atomic mass is 16.4. The van der Waals surface area contributed by atoms with Gasteiger partial charge in [0.05, 0.1) is 0 Å². The van der Waals surface area contributed by atoms with Crippen LogP contribution in [0.4, 0.5) is 0 Å². The van der Waals surface area contributed by atoms with E-state index in [-0.39, 0.29) is 5.96 Å². The number of likely N-dealkylation sites (tertiary alicyclic amines) is 1. The third-order valence-corrected chi connectivity index (χ3v) is 2.56. The van der Waals surface area contributed by atoms with Crippen LogP contribution in [-0.2, 0) is 0 Å². The van der Waals surface area contributed by atoms with Crippen LogP contribution in [0, 0.1) is 0 Å². The van der Waals surface area contributed by atoms with Crippen molar-refractivity contribution >= 4 is 5.96 Å². The van der Waals surface area contributed by atoms with Crippen molar-refractivity contribution in [3.05, 3.63) is 0 Å². The Morgan fingerprint density at radius 3 is 2.33 bits per heavy atom. The lowest BCUT2D eigenvalue weighted by atomic mass is 9.98. The molecular weight excluding hydrogens is 154 g/mol. The average molecular weight is 171 g/mol. The van der Waals surface area contributed by atoms with Crippen LogP contribution in [0.5, 0.6) is 0 Å². The van der Waals surface area contributed by atoms with Gasteiger partial charge >= 0.3 is 0 Å². The summed E-state index contributed by atoms with van der Waals surface area (Å²) >= 11 is 0. The molecule has 12 heavy (non-hydrogen) atoms. The normalized spacial score (nSPS) is 32.2. The molecule has 0 bridgehead atoms. The van der Waals surface area contributed by atoms with E-state index >= 15 is 0 Å². The number of hydrogen-bond acceptors (Lipinski definition) is 2. The maximum absolute atomic E-state index is 8.54. The predicted octanol–water partition coefficient (Wildman–Crippen LogP) is 0.953. The molecule has 2 atom stereocenters. The minimum Gasteiger partial charge on any atom is -0.408 e. The van der Waals surface area contributed by atoms with Crippen LogP contribution in [-0.4, -0.2) is 28.2 Å². The highest BCUT2D eigenvalue weighted by Crippen LogP contribution is 2.21. The fourth-order valence-electron chi connectivity index (χ4n) is 1.92. The van der Waals surface area contributed by atoms with E-state index in [2.05, 4.69) is 19.0 Å². The van der Waals surface area contributed by atoms with Crippen LogP contribution >= 0.6 is 0 Å². The number of nitrogens with two attached hydrogens (primary N) is 1. The van der Waals surface area contributed by atoms with Gasteiger partial charge in [0.15, 0.2) is 0 Å². The Morgan fingerprint density at radius 2 is 1.92 bits per heavy atom. The summed E-state index contributed by atoms with van der Waals surface area (Å²) in [4.78, 5) is 1.98. The van der Waals surface area contributed by atoms with Gasteiger partial charge in [-0.05, 0) is 33.1 Å². The van der Waals surface area contributed by atoms with E-state index in [1.165, 1.54) is 6.42 Å². The SMILES string of the molecule is C[C@@H]1CCC[C@H](C)N1/C(N)=N/O. The van der Waals surface area contributed by atoms with Crippen molar-refractivity contribution in [3.8, 4) is 0 Å². The number of guanidine groups is 1. The number of oxime groups is 1. The second kappa shape index (κ2) is 3.65. The standard InChI is InChI=1S/C8H17N3O/c1-6-4-3-5-7(2)11(6)8(9)10-12/h6-7,12H,3-5H2,1-2H3,(H2,9,10)/t6-,7+. The van der Waals surface area contributed by atoms with Gasteiger partial charge in [0.2, 0.25) is 5.96 Å². The lowest BCUT2D eigenvalue weighted by Gasteiger charge is -2.39. The molecule has 70 valence electrons. The van der Waals surface area contributed by atoms with Gasteiger partial charge in [0.25, 0.3) is 0 Å². The quantitative estimate of drug-likeness (QED) is 0.247. The maximum Gasteiger partial charge on any atom is 0.233 e. The van der Waals surface area contributed by atoms with E-state index in [1.807, 2.05) is 4.90 Å². The molecule has 3 N–H and O–H groups in total. The Labute approximate surface area is 73.0 Å². The summed E-state index contributed by atoms with van der Waals surface area (Å²) in [5.74, 6) is 0.245. The summed E-state index contributed by atoms with van der Waals surface area (Å²) < 4.78 is 0. The van der Waals surface area contributed by atoms with Gasteiger partial charge in [-0.1, -0.05) is 5.16 Å². The van der Waals surface area contributed by atoms with Crippen molar-refractivity contribution in [2.24, 2.45) is 10.9 Å². The molecule has 0 aromatic heterocycles. The molecular formula is C8H17N3O. The summed E-state index contributed by atoms with van der Waals surface area (Å²) in [6.07, 6.45) is 3.48. The van der Waals surface area contributed by atoms with Crippen molar-refractivity contribution in [2.75, 3.05) is 0 Å². The van der Waals surface area contributed by atoms with Crippen molar-refractivity contribution in [1.82, 2.24) is 4.90 Å². The molecule has 0 spiro atoms. The van der Waals surface area contributed by atoms with Crippen molar-refractivity contribution < 1.29 is 5.21 Å². The molecule has 1 saturated heterocycles. The van der Waals surface area contributed by atoms with E-state index in [0.29, 0.717) is 12.1 Å². The van der Waals surface area contributed by atoms with Crippen LogP contribution in [0.2, 0.25) is 0 Å². The number of piperidine rings is 1. The molecule has 4 heteroatoms. The van der Waals surface area contributed by atoms with E-state index in [0.717, 1.165) is 12.8 Å². The monoisotopic (exact) mass is 171 g/mol. The van der Waals surface area contributed by atoms with Crippen molar-refractivity contribution in [2.45, 2.75) is 45.2 Å². The third kappa shape index (κ3) is 1.62. The maximum atomic E-state index is 8.54. The average Bonchev–Trinajstić information content (AvgIpc) is 2.03. The molecule has 1 aliphatic rings. The number of hydrogen-bond donors (Lipinski definition) is 2. The van der Waals surface area contributed by atoms with E-state index in [1.54, 1.807) is 0 Å². The first-order valence-electron chi connectivity index (χ1n) is 4.42. The Hall–Kier alpha value is -0.930. The fraction of sp³-hybridized carbons (Fsp3) is 0.875. The van der Waals surface area contributed by atoms with Gasteiger partial charge in [0.1, 0.15) is 0 Å². The Morgan fingerprint density at radius 1 is 1.42 bits per heavy atom. The van der Waals surface area contributed by atoms with E-state index < -0.39 is 0 Å². The number of nitrogens with zero attached hydrogens (tertiary/aromatic N) is 2. The third-order valence-electron chi connectivity index (χ3n) is 2.56. The minimum absolute atomic E-state index is 0.245. The first-order valence-corrected chi connectivity index (χ1v) is 4.42. The Bertz CT molecular complexity index is 171. The zero-order valence-electron chi connectivity index (χ0n) is 7.70. The second-order valence-electron chi connectivity index (χ2n) is 3.49. The summed E-state index contributed by atoms with van der Waals surface area (Å²) in [6, 6.07) is 0.786. The van der Waals surface area contributed by atoms with Gasteiger partial charge in [-0.3, -0.25) is 0 Å². The van der Waals surface area contributed by atoms with Crippen LogP contribution < -0.4 is 5.73 Å². The summed E-state index contributed by atoms with van der Waals surface area (Å²) in [5, 5.41) is 11.6. The minimum atomic E-state index is 0.245. The lowest BCUT2D eigenvalue weighted by molar-refractivity contribution is 0.178. The largest absolute Gasteiger partial charge is 0.408 e. The van der Waals surface area contributed by atoms with Gasteiger partial charge in [-0.2, -0.15) is 0 Å². The first-order chi connectivity index (χ1) is 5.66. The molecule has 4 nitrogen and oxygen atoms in total. The predicted molar refractivity (Wildman–Crippen MR) is 48.0 cm³/mol. The van der Waals surface area contributed by atoms with Crippen LogP contribution in [0.1, 0.15) is 33.1 Å². The summed E-state index contributed by atoms with van der Waals surface area (Å²) in [6.45, 7) is 4.21. The van der Waals surface area contributed by atoms with Gasteiger partial charge in [-0.25, -0.2) is 0 Å². The number of rotatable bonds is 0. The van der Waals surface area contributed by atoms with Crippen molar-refractivity contribution in [1.29, 1.82) is 0 Å². The molecule has 1 heterocycles.